The van der Waals surface area contributed by atoms with Crippen LogP contribution in [0.25, 0.3) is 5.65 Å². The van der Waals surface area contributed by atoms with Gasteiger partial charge in [0.05, 0.1) is 6.20 Å². The third-order valence-electron chi connectivity index (χ3n) is 3.65. The van der Waals surface area contributed by atoms with Crippen LogP contribution < -0.4 is 5.32 Å². The van der Waals surface area contributed by atoms with Gasteiger partial charge < -0.3 is 10.1 Å². The lowest BCUT2D eigenvalue weighted by Gasteiger charge is -2.33. The van der Waals surface area contributed by atoms with E-state index in [-0.39, 0.29) is 0 Å². The third kappa shape index (κ3) is 2.31. The van der Waals surface area contributed by atoms with Crippen LogP contribution in [0.15, 0.2) is 24.5 Å². The first-order valence-electron chi connectivity index (χ1n) is 6.37. The minimum absolute atomic E-state index is 0.312. The van der Waals surface area contributed by atoms with Crippen LogP contribution in [0, 0.1) is 5.41 Å². The van der Waals surface area contributed by atoms with Crippen molar-refractivity contribution in [3.8, 4) is 0 Å². The lowest BCUT2D eigenvalue weighted by molar-refractivity contribution is 0.0300. The monoisotopic (exact) mass is 246 g/mol. The van der Waals surface area contributed by atoms with Gasteiger partial charge in [-0.2, -0.15) is 5.10 Å². The van der Waals surface area contributed by atoms with Gasteiger partial charge in [0.15, 0.2) is 5.65 Å². The van der Waals surface area contributed by atoms with E-state index in [2.05, 4.69) is 22.3 Å². The summed E-state index contributed by atoms with van der Waals surface area (Å²) in [7, 11) is 0. The normalized spacial score (nSPS) is 18.9. The maximum absolute atomic E-state index is 5.41. The van der Waals surface area contributed by atoms with Crippen LogP contribution in [0.5, 0.6) is 0 Å². The first kappa shape index (κ1) is 11.5. The Kier molecular flexibility index (Phi) is 2.91. The second-order valence-electron chi connectivity index (χ2n) is 5.22. The van der Waals surface area contributed by atoms with Crippen LogP contribution >= 0.6 is 0 Å². The van der Waals surface area contributed by atoms with Gasteiger partial charge in [-0.25, -0.2) is 9.50 Å². The maximum atomic E-state index is 5.41. The Hall–Kier alpha value is -1.62. The van der Waals surface area contributed by atoms with Crippen molar-refractivity contribution in [2.45, 2.75) is 19.8 Å². The second kappa shape index (κ2) is 4.57. The Labute approximate surface area is 106 Å². The van der Waals surface area contributed by atoms with Crippen molar-refractivity contribution >= 4 is 11.5 Å². The molecule has 2 aromatic rings. The first-order chi connectivity index (χ1) is 8.75. The molecule has 0 spiro atoms. The van der Waals surface area contributed by atoms with Crippen LogP contribution in [-0.4, -0.2) is 34.4 Å². The number of nitrogens with one attached hydrogen (secondary N) is 1. The summed E-state index contributed by atoms with van der Waals surface area (Å²) in [6, 6.07) is 3.87. The minimum atomic E-state index is 0.312. The molecular weight excluding hydrogens is 228 g/mol. The number of aromatic nitrogens is 3. The van der Waals surface area contributed by atoms with Gasteiger partial charge in [-0.15, -0.1) is 0 Å². The van der Waals surface area contributed by atoms with Gasteiger partial charge in [0.25, 0.3) is 0 Å². The van der Waals surface area contributed by atoms with Crippen LogP contribution in [-0.2, 0) is 4.74 Å². The fourth-order valence-electron chi connectivity index (χ4n) is 2.26. The van der Waals surface area contributed by atoms with E-state index in [0.717, 1.165) is 44.1 Å². The fourth-order valence-corrected chi connectivity index (χ4v) is 2.26. The van der Waals surface area contributed by atoms with E-state index in [1.165, 1.54) is 0 Å². The molecule has 96 valence electrons. The zero-order valence-corrected chi connectivity index (χ0v) is 10.6. The van der Waals surface area contributed by atoms with Gasteiger partial charge >= 0.3 is 0 Å². The molecule has 18 heavy (non-hydrogen) atoms. The lowest BCUT2D eigenvalue weighted by atomic mass is 9.82. The van der Waals surface area contributed by atoms with E-state index in [1.807, 2.05) is 18.3 Å². The summed E-state index contributed by atoms with van der Waals surface area (Å²) in [6.45, 7) is 4.98. The molecule has 5 heteroatoms. The van der Waals surface area contributed by atoms with Crippen LogP contribution in [0.2, 0.25) is 0 Å². The van der Waals surface area contributed by atoms with Gasteiger partial charge in [0.2, 0.25) is 0 Å². The van der Waals surface area contributed by atoms with Crippen LogP contribution in [0.3, 0.4) is 0 Å². The summed E-state index contributed by atoms with van der Waals surface area (Å²) < 4.78 is 7.17. The predicted octanol–water partition coefficient (Wildman–Crippen LogP) is 1.96. The molecule has 0 aliphatic carbocycles. The highest BCUT2D eigenvalue weighted by Crippen LogP contribution is 2.29. The zero-order valence-electron chi connectivity index (χ0n) is 10.6. The third-order valence-corrected chi connectivity index (χ3v) is 3.65. The zero-order chi connectivity index (χ0) is 12.4. The molecule has 5 nitrogen and oxygen atoms in total. The number of anilines is 1. The average molecular weight is 246 g/mol. The summed E-state index contributed by atoms with van der Waals surface area (Å²) >= 11 is 0. The van der Waals surface area contributed by atoms with Gasteiger partial charge in [0, 0.05) is 32.0 Å². The standard InChI is InChI=1S/C13H18N4O/c1-13(4-8-18-9-5-13)10-14-11-3-7-17-12(16-11)2-6-15-17/h2-3,6-7H,4-5,8-10H2,1H3,(H,14,16). The Morgan fingerprint density at radius 3 is 3.06 bits per heavy atom. The summed E-state index contributed by atoms with van der Waals surface area (Å²) in [5.74, 6) is 0.913. The van der Waals surface area contributed by atoms with Crippen molar-refractivity contribution in [3.63, 3.8) is 0 Å². The molecule has 0 radical (unpaired) electrons. The summed E-state index contributed by atoms with van der Waals surface area (Å²) in [5.41, 5.74) is 1.18. The van der Waals surface area contributed by atoms with Crippen molar-refractivity contribution in [1.82, 2.24) is 14.6 Å². The molecule has 1 saturated heterocycles. The SMILES string of the molecule is CC1(CNc2ccn3nccc3n2)CCOCC1. The minimum Gasteiger partial charge on any atom is -0.381 e. The average Bonchev–Trinajstić information content (AvgIpc) is 2.85. The van der Waals surface area contributed by atoms with Crippen molar-refractivity contribution in [2.24, 2.45) is 5.41 Å². The number of ether oxygens (including phenoxy) is 1. The molecule has 0 aromatic carbocycles. The number of rotatable bonds is 3. The molecular formula is C13H18N4O. The quantitative estimate of drug-likeness (QED) is 0.899. The Morgan fingerprint density at radius 1 is 1.39 bits per heavy atom. The Balaban J connectivity index is 1.68. The summed E-state index contributed by atoms with van der Waals surface area (Å²) in [5, 5.41) is 7.56. The van der Waals surface area contributed by atoms with Crippen molar-refractivity contribution in [2.75, 3.05) is 25.1 Å². The number of hydrogen-bond donors (Lipinski definition) is 1. The molecule has 0 amide bonds. The topological polar surface area (TPSA) is 51.5 Å². The van der Waals surface area contributed by atoms with Gasteiger partial charge in [-0.1, -0.05) is 6.92 Å². The van der Waals surface area contributed by atoms with Gasteiger partial charge in [-0.05, 0) is 24.3 Å². The van der Waals surface area contributed by atoms with E-state index in [9.17, 15) is 0 Å². The smallest absolute Gasteiger partial charge is 0.157 e. The highest BCUT2D eigenvalue weighted by atomic mass is 16.5. The second-order valence-corrected chi connectivity index (χ2v) is 5.22. The highest BCUT2D eigenvalue weighted by molar-refractivity contribution is 5.45. The Bertz CT molecular complexity index is 531. The van der Waals surface area contributed by atoms with E-state index in [0.29, 0.717) is 5.41 Å². The lowest BCUT2D eigenvalue weighted by Crippen LogP contribution is -2.33. The number of nitrogens with zero attached hydrogens (tertiary/aromatic N) is 3. The molecule has 3 heterocycles. The summed E-state index contributed by atoms with van der Waals surface area (Å²) in [4.78, 5) is 4.51. The molecule has 3 rings (SSSR count). The molecule has 1 aliphatic heterocycles. The van der Waals surface area contributed by atoms with E-state index in [4.69, 9.17) is 4.74 Å². The van der Waals surface area contributed by atoms with Crippen molar-refractivity contribution < 1.29 is 4.74 Å². The molecule has 1 fully saturated rings. The molecule has 0 saturated carbocycles. The molecule has 0 atom stereocenters. The van der Waals surface area contributed by atoms with Gasteiger partial charge in [-0.3, -0.25) is 0 Å². The molecule has 0 unspecified atom stereocenters. The number of fused-ring (bicyclic) bond motifs is 1. The van der Waals surface area contributed by atoms with E-state index < -0.39 is 0 Å². The first-order valence-corrected chi connectivity index (χ1v) is 6.37. The van der Waals surface area contributed by atoms with Gasteiger partial charge in [0.1, 0.15) is 5.82 Å². The van der Waals surface area contributed by atoms with Crippen LogP contribution in [0.1, 0.15) is 19.8 Å². The molecule has 1 N–H and O–H groups in total. The highest BCUT2D eigenvalue weighted by Gasteiger charge is 2.27. The Morgan fingerprint density at radius 2 is 2.22 bits per heavy atom. The van der Waals surface area contributed by atoms with E-state index in [1.54, 1.807) is 10.7 Å². The van der Waals surface area contributed by atoms with Crippen molar-refractivity contribution in [1.29, 1.82) is 0 Å². The summed E-state index contributed by atoms with van der Waals surface area (Å²) in [6.07, 6.45) is 5.90. The maximum Gasteiger partial charge on any atom is 0.157 e. The van der Waals surface area contributed by atoms with Crippen molar-refractivity contribution in [3.05, 3.63) is 24.5 Å². The molecule has 1 aliphatic rings. The van der Waals surface area contributed by atoms with Crippen LogP contribution in [0.4, 0.5) is 5.82 Å². The fraction of sp³-hybridized carbons (Fsp3) is 0.538. The molecule has 0 bridgehead atoms. The van der Waals surface area contributed by atoms with E-state index >= 15 is 0 Å². The number of hydrogen-bond acceptors (Lipinski definition) is 4. The molecule has 2 aromatic heterocycles. The largest absolute Gasteiger partial charge is 0.381 e. The predicted molar refractivity (Wildman–Crippen MR) is 69.6 cm³/mol.